The van der Waals surface area contributed by atoms with E-state index >= 15 is 0 Å². The topological polar surface area (TPSA) is 75.6 Å². The van der Waals surface area contributed by atoms with Crippen LogP contribution in [0.4, 0.5) is 0 Å². The Labute approximate surface area is 147 Å². The van der Waals surface area contributed by atoms with Gasteiger partial charge in [-0.15, -0.1) is 0 Å². The lowest BCUT2D eigenvalue weighted by Gasteiger charge is -2.29. The monoisotopic (exact) mass is 341 g/mol. The molecule has 0 fully saturated rings. The van der Waals surface area contributed by atoms with E-state index in [1.165, 1.54) is 0 Å². The number of carboxylic acid groups (broad SMARTS) is 1. The second-order valence-electron chi connectivity index (χ2n) is 5.91. The standard InChI is InChI=1S/C20H23NO4/c1-3-20(19(23)24,16-9-5-4-6-10-16)14-21-18(22)13-15-8-7-11-17(12-15)25-2/h4-12H,3,13-14H2,1-2H3,(H,21,22)(H,23,24). The number of methoxy groups -OCH3 is 1. The Hall–Kier alpha value is -2.82. The first-order valence-electron chi connectivity index (χ1n) is 8.20. The van der Waals surface area contributed by atoms with Gasteiger partial charge in [-0.25, -0.2) is 0 Å². The van der Waals surface area contributed by atoms with E-state index in [1.807, 2.05) is 31.2 Å². The molecule has 2 N–H and O–H groups in total. The van der Waals surface area contributed by atoms with Crippen molar-refractivity contribution in [1.29, 1.82) is 0 Å². The van der Waals surface area contributed by atoms with E-state index in [1.54, 1.807) is 37.4 Å². The number of nitrogens with one attached hydrogen (secondary N) is 1. The molecule has 0 aliphatic heterocycles. The van der Waals surface area contributed by atoms with Crippen molar-refractivity contribution in [1.82, 2.24) is 5.32 Å². The number of benzene rings is 2. The molecule has 5 heteroatoms. The van der Waals surface area contributed by atoms with Crippen molar-refractivity contribution >= 4 is 11.9 Å². The Kier molecular flexibility index (Phi) is 6.17. The smallest absolute Gasteiger partial charge is 0.315 e. The van der Waals surface area contributed by atoms with Gasteiger partial charge in [-0.1, -0.05) is 49.4 Å². The summed E-state index contributed by atoms with van der Waals surface area (Å²) in [5, 5.41) is 12.6. The molecule has 2 rings (SSSR count). The first-order valence-corrected chi connectivity index (χ1v) is 8.20. The molecule has 2 aromatic carbocycles. The van der Waals surface area contributed by atoms with Gasteiger partial charge in [-0.05, 0) is 29.7 Å². The van der Waals surface area contributed by atoms with Gasteiger partial charge >= 0.3 is 5.97 Å². The molecule has 25 heavy (non-hydrogen) atoms. The van der Waals surface area contributed by atoms with Gasteiger partial charge in [0.25, 0.3) is 0 Å². The molecule has 5 nitrogen and oxygen atoms in total. The maximum atomic E-state index is 12.3. The van der Waals surface area contributed by atoms with Crippen molar-refractivity contribution in [2.75, 3.05) is 13.7 Å². The summed E-state index contributed by atoms with van der Waals surface area (Å²) in [4.78, 5) is 24.2. The zero-order chi connectivity index (χ0) is 18.3. The third kappa shape index (κ3) is 4.38. The normalized spacial score (nSPS) is 12.9. The van der Waals surface area contributed by atoms with E-state index in [4.69, 9.17) is 4.74 Å². The fraction of sp³-hybridized carbons (Fsp3) is 0.300. The van der Waals surface area contributed by atoms with Gasteiger partial charge in [0, 0.05) is 6.54 Å². The number of ether oxygens (including phenoxy) is 1. The average Bonchev–Trinajstić information content (AvgIpc) is 2.63. The minimum absolute atomic E-state index is 0.0473. The fourth-order valence-electron chi connectivity index (χ4n) is 2.82. The Bertz CT molecular complexity index is 729. The van der Waals surface area contributed by atoms with Crippen molar-refractivity contribution in [2.24, 2.45) is 0 Å². The van der Waals surface area contributed by atoms with Crippen LogP contribution in [0.5, 0.6) is 5.75 Å². The lowest BCUT2D eigenvalue weighted by molar-refractivity contribution is -0.144. The maximum absolute atomic E-state index is 12.3. The van der Waals surface area contributed by atoms with Crippen molar-refractivity contribution in [3.8, 4) is 5.75 Å². The van der Waals surface area contributed by atoms with Crippen molar-refractivity contribution in [3.63, 3.8) is 0 Å². The van der Waals surface area contributed by atoms with Gasteiger partial charge < -0.3 is 15.2 Å². The number of carbonyl (C=O) groups is 2. The van der Waals surface area contributed by atoms with Gasteiger partial charge in [-0.3, -0.25) is 9.59 Å². The quantitative estimate of drug-likeness (QED) is 0.774. The number of hydrogen-bond donors (Lipinski definition) is 2. The summed E-state index contributed by atoms with van der Waals surface area (Å²) in [6, 6.07) is 16.3. The van der Waals surface area contributed by atoms with Crippen LogP contribution in [0.2, 0.25) is 0 Å². The minimum atomic E-state index is -1.13. The van der Waals surface area contributed by atoms with Crippen LogP contribution in [0.3, 0.4) is 0 Å². The zero-order valence-electron chi connectivity index (χ0n) is 14.5. The van der Waals surface area contributed by atoms with Crippen LogP contribution in [0.15, 0.2) is 54.6 Å². The summed E-state index contributed by atoms with van der Waals surface area (Å²) in [6.45, 7) is 1.86. The highest BCUT2D eigenvalue weighted by Crippen LogP contribution is 2.28. The van der Waals surface area contributed by atoms with Crippen molar-refractivity contribution in [2.45, 2.75) is 25.2 Å². The first kappa shape index (κ1) is 18.5. The molecule has 132 valence electrons. The number of aliphatic carboxylic acids is 1. The molecular formula is C20H23NO4. The Morgan fingerprint density at radius 1 is 1.12 bits per heavy atom. The molecule has 0 radical (unpaired) electrons. The molecule has 1 unspecified atom stereocenters. The summed E-state index contributed by atoms with van der Waals surface area (Å²) >= 11 is 0. The fourth-order valence-corrected chi connectivity index (χ4v) is 2.82. The highest BCUT2D eigenvalue weighted by atomic mass is 16.5. The van der Waals surface area contributed by atoms with Crippen LogP contribution in [0, 0.1) is 0 Å². The van der Waals surface area contributed by atoms with Crippen LogP contribution < -0.4 is 10.1 Å². The number of amides is 1. The van der Waals surface area contributed by atoms with Gasteiger partial charge in [0.05, 0.1) is 13.5 Å². The van der Waals surface area contributed by atoms with Crippen LogP contribution in [0.25, 0.3) is 0 Å². The average molecular weight is 341 g/mol. The summed E-state index contributed by atoms with van der Waals surface area (Å²) in [7, 11) is 1.57. The van der Waals surface area contributed by atoms with Crippen LogP contribution in [0.1, 0.15) is 24.5 Å². The predicted molar refractivity (Wildman–Crippen MR) is 95.8 cm³/mol. The lowest BCUT2D eigenvalue weighted by Crippen LogP contribution is -2.46. The van der Waals surface area contributed by atoms with Crippen LogP contribution in [-0.4, -0.2) is 30.6 Å². The third-order valence-electron chi connectivity index (χ3n) is 4.43. The molecule has 0 saturated heterocycles. The predicted octanol–water partition coefficient (Wildman–Crippen LogP) is 2.79. The van der Waals surface area contributed by atoms with Gasteiger partial charge in [0.15, 0.2) is 0 Å². The highest BCUT2D eigenvalue weighted by Gasteiger charge is 2.38. The molecule has 0 aliphatic carbocycles. The molecular weight excluding hydrogens is 318 g/mol. The van der Waals surface area contributed by atoms with E-state index in [2.05, 4.69) is 5.32 Å². The largest absolute Gasteiger partial charge is 0.497 e. The van der Waals surface area contributed by atoms with E-state index in [0.29, 0.717) is 17.7 Å². The molecule has 0 aliphatic rings. The SMILES string of the molecule is CCC(CNC(=O)Cc1cccc(OC)c1)(C(=O)O)c1ccccc1. The number of carboxylic acids is 1. The van der Waals surface area contributed by atoms with Crippen LogP contribution >= 0.6 is 0 Å². The van der Waals surface area contributed by atoms with Crippen molar-refractivity contribution in [3.05, 3.63) is 65.7 Å². The van der Waals surface area contributed by atoms with Crippen LogP contribution in [-0.2, 0) is 21.4 Å². The summed E-state index contributed by atoms with van der Waals surface area (Å²) in [5.41, 5.74) is 0.367. The Balaban J connectivity index is 2.10. The molecule has 0 heterocycles. The van der Waals surface area contributed by atoms with Gasteiger partial charge in [0.2, 0.25) is 5.91 Å². The molecule has 0 bridgehead atoms. The molecule has 1 atom stereocenters. The van der Waals surface area contributed by atoms with Crippen molar-refractivity contribution < 1.29 is 19.4 Å². The number of hydrogen-bond acceptors (Lipinski definition) is 3. The maximum Gasteiger partial charge on any atom is 0.315 e. The lowest BCUT2D eigenvalue weighted by atomic mass is 9.78. The van der Waals surface area contributed by atoms with E-state index in [0.717, 1.165) is 5.56 Å². The van der Waals surface area contributed by atoms with Gasteiger partial charge in [-0.2, -0.15) is 0 Å². The molecule has 0 aromatic heterocycles. The zero-order valence-corrected chi connectivity index (χ0v) is 14.5. The molecule has 2 aromatic rings. The second kappa shape index (κ2) is 8.33. The van der Waals surface area contributed by atoms with E-state index in [-0.39, 0.29) is 18.9 Å². The Morgan fingerprint density at radius 3 is 2.44 bits per heavy atom. The van der Waals surface area contributed by atoms with Gasteiger partial charge in [0.1, 0.15) is 11.2 Å². The van der Waals surface area contributed by atoms with E-state index < -0.39 is 11.4 Å². The summed E-state index contributed by atoms with van der Waals surface area (Å²) in [6.07, 6.45) is 0.553. The second-order valence-corrected chi connectivity index (χ2v) is 5.91. The molecule has 1 amide bonds. The summed E-state index contributed by atoms with van der Waals surface area (Å²) in [5.74, 6) is -0.478. The highest BCUT2D eigenvalue weighted by molar-refractivity contribution is 5.84. The minimum Gasteiger partial charge on any atom is -0.497 e. The first-order chi connectivity index (χ1) is 12.0. The molecule has 0 spiro atoms. The number of carbonyl (C=O) groups excluding carboxylic acids is 1. The molecule has 0 saturated carbocycles. The number of rotatable bonds is 8. The van der Waals surface area contributed by atoms with E-state index in [9.17, 15) is 14.7 Å². The Morgan fingerprint density at radius 2 is 1.84 bits per heavy atom. The third-order valence-corrected chi connectivity index (χ3v) is 4.43. The summed E-state index contributed by atoms with van der Waals surface area (Å²) < 4.78 is 5.15.